The zero-order valence-electron chi connectivity index (χ0n) is 15.6. The van der Waals surface area contributed by atoms with Crippen molar-refractivity contribution in [3.8, 4) is 5.75 Å². The summed E-state index contributed by atoms with van der Waals surface area (Å²) in [5, 5.41) is 10.2. The van der Waals surface area contributed by atoms with Crippen LogP contribution < -0.4 is 10.5 Å². The quantitative estimate of drug-likeness (QED) is 0.717. The monoisotopic (exact) mass is 321 g/mol. The van der Waals surface area contributed by atoms with Gasteiger partial charge in [-0.1, -0.05) is 53.2 Å². The van der Waals surface area contributed by atoms with E-state index in [4.69, 9.17) is 10.5 Å². The average Bonchev–Trinajstić information content (AvgIpc) is 2.50. The van der Waals surface area contributed by atoms with Crippen LogP contribution in [-0.2, 0) is 11.8 Å². The van der Waals surface area contributed by atoms with Gasteiger partial charge in [0.1, 0.15) is 5.75 Å². The first-order chi connectivity index (χ1) is 10.8. The number of aryl methyl sites for hydroxylation is 1. The van der Waals surface area contributed by atoms with E-state index in [9.17, 15) is 5.11 Å². The second-order valence-corrected chi connectivity index (χ2v) is 7.49. The number of aliphatic hydroxyl groups is 1. The Morgan fingerprint density at radius 3 is 2.39 bits per heavy atom. The van der Waals surface area contributed by atoms with Gasteiger partial charge in [-0.25, -0.2) is 0 Å². The Kier molecular flexibility index (Phi) is 8.07. The smallest absolute Gasteiger partial charge is 0.123 e. The van der Waals surface area contributed by atoms with Crippen LogP contribution in [0.2, 0.25) is 0 Å². The first-order valence-corrected chi connectivity index (χ1v) is 8.99. The number of benzene rings is 1. The van der Waals surface area contributed by atoms with E-state index < -0.39 is 6.10 Å². The third-order valence-corrected chi connectivity index (χ3v) is 4.16. The summed E-state index contributed by atoms with van der Waals surface area (Å²) < 4.78 is 5.89. The Balaban J connectivity index is 2.81. The maximum Gasteiger partial charge on any atom is 0.123 e. The molecule has 132 valence electrons. The standard InChI is InChI=1S/C20H35NO2/c1-6-8-17(21)18(22)11-9-15-10-12-19(23-13-7-2)16(14-15)20(3,4)5/h10,12,14,17-18,22H,6-9,11,13,21H2,1-5H3. The van der Waals surface area contributed by atoms with Gasteiger partial charge in [-0.15, -0.1) is 0 Å². The van der Waals surface area contributed by atoms with Gasteiger partial charge in [-0.3, -0.25) is 0 Å². The van der Waals surface area contributed by atoms with Crippen molar-refractivity contribution in [2.24, 2.45) is 5.73 Å². The average molecular weight is 322 g/mol. The lowest BCUT2D eigenvalue weighted by molar-refractivity contribution is 0.131. The summed E-state index contributed by atoms with van der Waals surface area (Å²) >= 11 is 0. The molecular weight excluding hydrogens is 286 g/mol. The van der Waals surface area contributed by atoms with Crippen molar-refractivity contribution in [1.82, 2.24) is 0 Å². The molecule has 2 unspecified atom stereocenters. The van der Waals surface area contributed by atoms with Crippen molar-refractivity contribution >= 4 is 0 Å². The molecule has 0 heterocycles. The maximum atomic E-state index is 10.2. The number of rotatable bonds is 9. The Hall–Kier alpha value is -1.06. The molecule has 1 aromatic rings. The molecule has 0 saturated carbocycles. The molecule has 0 bridgehead atoms. The molecule has 0 aliphatic carbocycles. The zero-order chi connectivity index (χ0) is 17.5. The lowest BCUT2D eigenvalue weighted by Crippen LogP contribution is -2.34. The van der Waals surface area contributed by atoms with E-state index in [-0.39, 0.29) is 11.5 Å². The van der Waals surface area contributed by atoms with Gasteiger partial charge < -0.3 is 15.6 Å². The highest BCUT2D eigenvalue weighted by molar-refractivity contribution is 5.41. The van der Waals surface area contributed by atoms with Crippen molar-refractivity contribution in [3.63, 3.8) is 0 Å². The van der Waals surface area contributed by atoms with Crippen LogP contribution in [0.3, 0.4) is 0 Å². The lowest BCUT2D eigenvalue weighted by atomic mass is 9.84. The predicted molar refractivity (Wildman–Crippen MR) is 98.1 cm³/mol. The van der Waals surface area contributed by atoms with Gasteiger partial charge in [-0.05, 0) is 48.3 Å². The molecule has 0 radical (unpaired) electrons. The van der Waals surface area contributed by atoms with Crippen LogP contribution >= 0.6 is 0 Å². The molecule has 1 rings (SSSR count). The summed E-state index contributed by atoms with van der Waals surface area (Å²) in [6.07, 6.45) is 4.01. The largest absolute Gasteiger partial charge is 0.493 e. The second kappa shape index (κ2) is 9.29. The highest BCUT2D eigenvalue weighted by Gasteiger charge is 2.20. The molecular formula is C20H35NO2. The number of hydrogen-bond donors (Lipinski definition) is 2. The van der Waals surface area contributed by atoms with Crippen molar-refractivity contribution < 1.29 is 9.84 Å². The highest BCUT2D eigenvalue weighted by Crippen LogP contribution is 2.32. The molecule has 23 heavy (non-hydrogen) atoms. The first kappa shape index (κ1) is 20.0. The van der Waals surface area contributed by atoms with Crippen LogP contribution in [0.25, 0.3) is 0 Å². The molecule has 0 aliphatic heterocycles. The normalized spacial score (nSPS) is 14.6. The fraction of sp³-hybridized carbons (Fsp3) is 0.700. The van der Waals surface area contributed by atoms with Crippen LogP contribution in [0.4, 0.5) is 0 Å². The molecule has 0 amide bonds. The van der Waals surface area contributed by atoms with Crippen molar-refractivity contribution in [3.05, 3.63) is 29.3 Å². The van der Waals surface area contributed by atoms with Crippen LogP contribution in [0.5, 0.6) is 5.75 Å². The SMILES string of the molecule is CCCOc1ccc(CCC(O)C(N)CCC)cc1C(C)(C)C. The Labute approximate surface area is 142 Å². The van der Waals surface area contributed by atoms with Gasteiger partial charge in [0.25, 0.3) is 0 Å². The predicted octanol–water partition coefficient (Wildman–Crippen LogP) is 4.19. The molecule has 2 atom stereocenters. The van der Waals surface area contributed by atoms with E-state index in [2.05, 4.69) is 52.8 Å². The summed E-state index contributed by atoms with van der Waals surface area (Å²) in [5.74, 6) is 0.978. The molecule has 3 heteroatoms. The van der Waals surface area contributed by atoms with Crippen LogP contribution in [0, 0.1) is 0 Å². The van der Waals surface area contributed by atoms with Gasteiger partial charge in [0, 0.05) is 6.04 Å². The third-order valence-electron chi connectivity index (χ3n) is 4.16. The number of ether oxygens (including phenoxy) is 1. The minimum Gasteiger partial charge on any atom is -0.493 e. The Bertz CT molecular complexity index is 465. The maximum absolute atomic E-state index is 10.2. The second-order valence-electron chi connectivity index (χ2n) is 7.49. The summed E-state index contributed by atoms with van der Waals surface area (Å²) in [6.45, 7) is 11.6. The van der Waals surface area contributed by atoms with E-state index in [1.807, 2.05) is 0 Å². The van der Waals surface area contributed by atoms with E-state index in [1.54, 1.807) is 0 Å². The number of hydrogen-bond acceptors (Lipinski definition) is 3. The molecule has 1 aromatic carbocycles. The summed E-state index contributed by atoms with van der Waals surface area (Å²) in [4.78, 5) is 0. The molecule has 0 saturated heterocycles. The van der Waals surface area contributed by atoms with Gasteiger partial charge in [0.05, 0.1) is 12.7 Å². The zero-order valence-corrected chi connectivity index (χ0v) is 15.6. The lowest BCUT2D eigenvalue weighted by Gasteiger charge is -2.24. The van der Waals surface area contributed by atoms with Crippen LogP contribution in [-0.4, -0.2) is 23.9 Å². The fourth-order valence-electron chi connectivity index (χ4n) is 2.71. The molecule has 0 spiro atoms. The summed E-state index contributed by atoms with van der Waals surface area (Å²) in [5.41, 5.74) is 8.51. The van der Waals surface area contributed by atoms with Crippen molar-refractivity contribution in [1.29, 1.82) is 0 Å². The van der Waals surface area contributed by atoms with Gasteiger partial charge in [0.15, 0.2) is 0 Å². The van der Waals surface area contributed by atoms with E-state index in [0.29, 0.717) is 6.42 Å². The topological polar surface area (TPSA) is 55.5 Å². The molecule has 0 aliphatic rings. The van der Waals surface area contributed by atoms with Gasteiger partial charge in [0.2, 0.25) is 0 Å². The van der Waals surface area contributed by atoms with Crippen molar-refractivity contribution in [2.75, 3.05) is 6.61 Å². The molecule has 3 N–H and O–H groups in total. The molecule has 0 aromatic heterocycles. The minimum atomic E-state index is -0.427. The summed E-state index contributed by atoms with van der Waals surface area (Å²) in [6, 6.07) is 6.29. The van der Waals surface area contributed by atoms with Gasteiger partial charge >= 0.3 is 0 Å². The highest BCUT2D eigenvalue weighted by atomic mass is 16.5. The van der Waals surface area contributed by atoms with Crippen molar-refractivity contribution in [2.45, 2.75) is 84.3 Å². The van der Waals surface area contributed by atoms with E-state index in [0.717, 1.165) is 38.0 Å². The van der Waals surface area contributed by atoms with Gasteiger partial charge in [-0.2, -0.15) is 0 Å². The molecule has 0 fully saturated rings. The molecule has 3 nitrogen and oxygen atoms in total. The van der Waals surface area contributed by atoms with Crippen LogP contribution in [0.15, 0.2) is 18.2 Å². The van der Waals surface area contributed by atoms with Crippen LogP contribution in [0.1, 0.15) is 71.4 Å². The first-order valence-electron chi connectivity index (χ1n) is 8.99. The number of nitrogens with two attached hydrogens (primary N) is 1. The Morgan fingerprint density at radius 1 is 1.13 bits per heavy atom. The van der Waals surface area contributed by atoms with E-state index in [1.165, 1.54) is 11.1 Å². The minimum absolute atomic E-state index is 0.0380. The third kappa shape index (κ3) is 6.52. The fourth-order valence-corrected chi connectivity index (χ4v) is 2.71. The Morgan fingerprint density at radius 2 is 1.83 bits per heavy atom. The number of aliphatic hydroxyl groups excluding tert-OH is 1. The summed E-state index contributed by atoms with van der Waals surface area (Å²) in [7, 11) is 0. The van der Waals surface area contributed by atoms with E-state index >= 15 is 0 Å².